The molecule has 4 nitrogen and oxygen atoms in total. The molecule has 1 aromatic rings. The molecule has 0 atom stereocenters. The van der Waals surface area contributed by atoms with Gasteiger partial charge in [0.1, 0.15) is 5.82 Å². The summed E-state index contributed by atoms with van der Waals surface area (Å²) in [5, 5.41) is 7.20. The van der Waals surface area contributed by atoms with Crippen LogP contribution in [0.4, 0.5) is 5.82 Å². The van der Waals surface area contributed by atoms with E-state index in [0.717, 1.165) is 43.5 Å². The van der Waals surface area contributed by atoms with E-state index in [1.165, 1.54) is 37.7 Å². The molecule has 0 unspecified atom stereocenters. The summed E-state index contributed by atoms with van der Waals surface area (Å²) in [6.07, 6.45) is 7.82. The minimum absolute atomic E-state index is 0.355. The van der Waals surface area contributed by atoms with Gasteiger partial charge in [0.15, 0.2) is 0 Å². The van der Waals surface area contributed by atoms with Gasteiger partial charge in [-0.2, -0.15) is 0 Å². The summed E-state index contributed by atoms with van der Waals surface area (Å²) >= 11 is 6.01. The third-order valence-electron chi connectivity index (χ3n) is 4.19. The van der Waals surface area contributed by atoms with E-state index in [9.17, 15) is 0 Å². The van der Waals surface area contributed by atoms with E-state index < -0.39 is 0 Å². The second kappa shape index (κ2) is 6.06. The zero-order chi connectivity index (χ0) is 13.1. The van der Waals surface area contributed by atoms with Gasteiger partial charge in [-0.05, 0) is 43.3 Å². The molecule has 0 aromatic carbocycles. The van der Waals surface area contributed by atoms with Gasteiger partial charge in [-0.3, -0.25) is 0 Å². The largest absolute Gasteiger partial charge is 0.369 e. The Bertz CT molecular complexity index is 443. The molecular formula is C14H21ClN4. The Balaban J connectivity index is 1.70. The molecule has 3 rings (SSSR count). The van der Waals surface area contributed by atoms with Crippen molar-refractivity contribution < 1.29 is 0 Å². The van der Waals surface area contributed by atoms with Crippen molar-refractivity contribution in [2.24, 2.45) is 5.92 Å². The molecule has 104 valence electrons. The average Bonchev–Trinajstić information content (AvgIpc) is 2.45. The molecule has 0 amide bonds. The molecule has 1 fully saturated rings. The van der Waals surface area contributed by atoms with Crippen LogP contribution in [0.3, 0.4) is 0 Å². The maximum Gasteiger partial charge on any atom is 0.224 e. The number of fused-ring (bicyclic) bond motifs is 1. The Morgan fingerprint density at radius 1 is 1.21 bits per heavy atom. The topological polar surface area (TPSA) is 49.8 Å². The van der Waals surface area contributed by atoms with E-state index in [2.05, 4.69) is 20.6 Å². The number of nitrogens with zero attached hydrogens (tertiary/aromatic N) is 2. The lowest BCUT2D eigenvalue weighted by atomic mass is 9.89. The minimum Gasteiger partial charge on any atom is -0.369 e. The highest BCUT2D eigenvalue weighted by molar-refractivity contribution is 6.28. The van der Waals surface area contributed by atoms with Gasteiger partial charge in [0.25, 0.3) is 0 Å². The van der Waals surface area contributed by atoms with Crippen LogP contribution in [0.25, 0.3) is 0 Å². The standard InChI is InChI=1S/C14H21ClN4/c15-14-18-12-9-16-7-6-11(12)13(19-14)17-8-10-4-2-1-3-5-10/h10,16H,1-9H2,(H,17,18,19). The van der Waals surface area contributed by atoms with E-state index >= 15 is 0 Å². The van der Waals surface area contributed by atoms with Crippen molar-refractivity contribution in [3.05, 3.63) is 16.5 Å². The summed E-state index contributed by atoms with van der Waals surface area (Å²) in [7, 11) is 0. The van der Waals surface area contributed by atoms with Crippen molar-refractivity contribution in [1.82, 2.24) is 15.3 Å². The first-order valence-electron chi connectivity index (χ1n) is 7.33. The van der Waals surface area contributed by atoms with Crippen molar-refractivity contribution in [3.8, 4) is 0 Å². The van der Waals surface area contributed by atoms with E-state index in [1.807, 2.05) is 0 Å². The molecule has 2 N–H and O–H groups in total. The molecule has 1 aliphatic carbocycles. The number of hydrogen-bond acceptors (Lipinski definition) is 4. The second-order valence-electron chi connectivity index (χ2n) is 5.58. The molecule has 0 spiro atoms. The number of hydrogen-bond donors (Lipinski definition) is 2. The van der Waals surface area contributed by atoms with Gasteiger partial charge in [-0.25, -0.2) is 9.97 Å². The molecule has 1 saturated carbocycles. The highest BCUT2D eigenvalue weighted by Gasteiger charge is 2.18. The number of nitrogens with one attached hydrogen (secondary N) is 2. The van der Waals surface area contributed by atoms with Crippen molar-refractivity contribution in [3.63, 3.8) is 0 Å². The maximum atomic E-state index is 6.01. The van der Waals surface area contributed by atoms with Crippen LogP contribution in [0.2, 0.25) is 5.28 Å². The minimum atomic E-state index is 0.355. The molecule has 19 heavy (non-hydrogen) atoms. The number of halogens is 1. The highest BCUT2D eigenvalue weighted by atomic mass is 35.5. The van der Waals surface area contributed by atoms with Gasteiger partial charge >= 0.3 is 0 Å². The van der Waals surface area contributed by atoms with Gasteiger partial charge in [-0.15, -0.1) is 0 Å². The van der Waals surface area contributed by atoms with Gasteiger partial charge in [0.2, 0.25) is 5.28 Å². The van der Waals surface area contributed by atoms with Crippen LogP contribution >= 0.6 is 11.6 Å². The zero-order valence-corrected chi connectivity index (χ0v) is 12.0. The van der Waals surface area contributed by atoms with Crippen LogP contribution in [0.1, 0.15) is 43.4 Å². The second-order valence-corrected chi connectivity index (χ2v) is 5.92. The molecule has 1 aliphatic heterocycles. The van der Waals surface area contributed by atoms with Crippen LogP contribution < -0.4 is 10.6 Å². The normalized spacial score (nSPS) is 20.1. The zero-order valence-electron chi connectivity index (χ0n) is 11.2. The van der Waals surface area contributed by atoms with E-state index in [4.69, 9.17) is 11.6 Å². The Morgan fingerprint density at radius 2 is 2.05 bits per heavy atom. The smallest absolute Gasteiger partial charge is 0.224 e. The summed E-state index contributed by atoms with van der Waals surface area (Å²) < 4.78 is 0. The molecule has 0 radical (unpaired) electrons. The number of aromatic nitrogens is 2. The van der Waals surface area contributed by atoms with Crippen LogP contribution in [0.15, 0.2) is 0 Å². The number of anilines is 1. The summed E-state index contributed by atoms with van der Waals surface area (Å²) in [6, 6.07) is 0. The molecule has 2 aliphatic rings. The van der Waals surface area contributed by atoms with Crippen molar-refractivity contribution in [2.45, 2.75) is 45.1 Å². The molecule has 5 heteroatoms. The quantitative estimate of drug-likeness (QED) is 0.836. The lowest BCUT2D eigenvalue weighted by molar-refractivity contribution is 0.373. The summed E-state index contributed by atoms with van der Waals surface area (Å²) in [6.45, 7) is 2.82. The van der Waals surface area contributed by atoms with Gasteiger partial charge < -0.3 is 10.6 Å². The predicted octanol–water partition coefficient (Wildman–Crippen LogP) is 2.77. The number of rotatable bonds is 3. The summed E-state index contributed by atoms with van der Waals surface area (Å²) in [5.74, 6) is 1.75. The van der Waals surface area contributed by atoms with Crippen molar-refractivity contribution in [1.29, 1.82) is 0 Å². The Morgan fingerprint density at radius 3 is 2.89 bits per heavy atom. The first-order chi connectivity index (χ1) is 9.33. The first-order valence-corrected chi connectivity index (χ1v) is 7.70. The highest BCUT2D eigenvalue weighted by Crippen LogP contribution is 2.26. The van der Waals surface area contributed by atoms with Crippen molar-refractivity contribution >= 4 is 17.4 Å². The van der Waals surface area contributed by atoms with Gasteiger partial charge in [-0.1, -0.05) is 19.3 Å². The van der Waals surface area contributed by atoms with Crippen LogP contribution in [-0.4, -0.2) is 23.1 Å². The molecule has 1 aromatic heterocycles. The van der Waals surface area contributed by atoms with Crippen molar-refractivity contribution in [2.75, 3.05) is 18.4 Å². The van der Waals surface area contributed by atoms with E-state index in [0.29, 0.717) is 5.28 Å². The third kappa shape index (κ3) is 3.18. The maximum absolute atomic E-state index is 6.01. The molecular weight excluding hydrogens is 260 g/mol. The van der Waals surface area contributed by atoms with Gasteiger partial charge in [0, 0.05) is 18.7 Å². The SMILES string of the molecule is Clc1nc2c(c(NCC3CCCCC3)n1)CCNC2. The fraction of sp³-hybridized carbons (Fsp3) is 0.714. The third-order valence-corrected chi connectivity index (χ3v) is 4.36. The van der Waals surface area contributed by atoms with Crippen LogP contribution in [-0.2, 0) is 13.0 Å². The molecule has 0 saturated heterocycles. The Hall–Kier alpha value is -0.870. The Labute approximate surface area is 119 Å². The average molecular weight is 281 g/mol. The molecule has 0 bridgehead atoms. The van der Waals surface area contributed by atoms with Crippen LogP contribution in [0, 0.1) is 5.92 Å². The Kier molecular flexibility index (Phi) is 4.18. The fourth-order valence-corrected chi connectivity index (χ4v) is 3.29. The first kappa shape index (κ1) is 13.1. The lowest BCUT2D eigenvalue weighted by Crippen LogP contribution is -2.27. The summed E-state index contributed by atoms with van der Waals surface area (Å²) in [4.78, 5) is 8.71. The summed E-state index contributed by atoms with van der Waals surface area (Å²) in [5.41, 5.74) is 2.30. The predicted molar refractivity (Wildman–Crippen MR) is 77.5 cm³/mol. The van der Waals surface area contributed by atoms with E-state index in [1.54, 1.807) is 0 Å². The molecule has 2 heterocycles. The monoisotopic (exact) mass is 280 g/mol. The fourth-order valence-electron chi connectivity index (χ4n) is 3.11. The van der Waals surface area contributed by atoms with Crippen LogP contribution in [0.5, 0.6) is 0 Å². The lowest BCUT2D eigenvalue weighted by Gasteiger charge is -2.24. The van der Waals surface area contributed by atoms with Gasteiger partial charge in [0.05, 0.1) is 5.69 Å². The van der Waals surface area contributed by atoms with E-state index in [-0.39, 0.29) is 0 Å².